The lowest BCUT2D eigenvalue weighted by molar-refractivity contribution is 0.322. The van der Waals surface area contributed by atoms with E-state index in [1.807, 2.05) is 0 Å². The van der Waals surface area contributed by atoms with Crippen LogP contribution in [0.5, 0.6) is 0 Å². The van der Waals surface area contributed by atoms with Crippen LogP contribution in [-0.2, 0) is 0 Å². The predicted molar refractivity (Wildman–Crippen MR) is 251 cm³/mol. The van der Waals surface area contributed by atoms with E-state index in [1.165, 1.54) is 48.5 Å². The van der Waals surface area contributed by atoms with Crippen LogP contribution in [-0.4, -0.2) is 103 Å². The van der Waals surface area contributed by atoms with Gasteiger partial charge in [0.1, 0.15) is 43.5 Å². The topological polar surface area (TPSA) is 291 Å². The van der Waals surface area contributed by atoms with Crippen molar-refractivity contribution in [2.75, 3.05) is 0 Å². The fraction of sp³-hybridized carbons (Fsp3) is 0.318. The van der Waals surface area contributed by atoms with E-state index in [0.29, 0.717) is 0 Å². The lowest BCUT2D eigenvalue weighted by Crippen LogP contribution is -2.52. The molecule has 2 fully saturated rings. The van der Waals surface area contributed by atoms with Gasteiger partial charge in [-0.3, -0.25) is 0 Å². The second kappa shape index (κ2) is 17.5. The van der Waals surface area contributed by atoms with Crippen LogP contribution in [0.25, 0.3) is 0 Å². The summed E-state index contributed by atoms with van der Waals surface area (Å²) < 4.78 is 121. The van der Waals surface area contributed by atoms with Gasteiger partial charge in [-0.25, -0.2) is 0 Å². The van der Waals surface area contributed by atoms with E-state index in [1.54, 1.807) is 48.5 Å². The Morgan fingerprint density at radius 1 is 0.281 bits per heavy atom. The average molecular weight is 959 g/mol. The fourth-order valence-corrected chi connectivity index (χ4v) is 12.6. The first-order valence-electron chi connectivity index (χ1n) is 20.7. The molecular weight excluding hydrogens is 905 g/mol. The SMILES string of the molecule is OS(O)(O)c1ccc(C2C3C=CC(N3)C(c3ccc(S(O)(O)O)cc3)C3C=CC(N3)C(c3ccc(S(O)(O)O)cc3)C3CCC(N3)C(c3ccc(S(O)(O)O)cc3)C3C=CC2N3)cc1. The summed E-state index contributed by atoms with van der Waals surface area (Å²) >= 11 is 0. The Balaban J connectivity index is 1.15. The Morgan fingerprint density at radius 3 is 0.703 bits per heavy atom. The molecule has 64 heavy (non-hydrogen) atoms. The number of hydrogen-bond donors (Lipinski definition) is 16. The van der Waals surface area contributed by atoms with Crippen LogP contribution >= 0.6 is 43.5 Å². The highest BCUT2D eigenvalue weighted by atomic mass is 32.3. The molecule has 0 saturated carbocycles. The molecule has 12 unspecified atom stereocenters. The van der Waals surface area contributed by atoms with Gasteiger partial charge < -0.3 is 75.9 Å². The van der Waals surface area contributed by atoms with E-state index in [2.05, 4.69) is 57.7 Å². The summed E-state index contributed by atoms with van der Waals surface area (Å²) in [5.74, 6) is -0.938. The Bertz CT molecular complexity index is 2220. The maximum atomic E-state index is 10.1. The van der Waals surface area contributed by atoms with Gasteiger partial charge in [0.05, 0.1) is 19.6 Å². The molecule has 0 amide bonds. The molecule has 12 atom stereocenters. The van der Waals surface area contributed by atoms with E-state index >= 15 is 0 Å². The zero-order chi connectivity index (χ0) is 45.3. The molecule has 0 radical (unpaired) electrons. The average Bonchev–Trinajstić information content (AvgIpc) is 4.08. The molecule has 5 aliphatic heterocycles. The van der Waals surface area contributed by atoms with Crippen molar-refractivity contribution >= 4 is 43.5 Å². The largest absolute Gasteiger partial charge is 0.310 e. The minimum absolute atomic E-state index is 0.00137. The number of nitrogens with one attached hydrogen (secondary N) is 4. The van der Waals surface area contributed by atoms with Crippen LogP contribution in [0.15, 0.2) is 153 Å². The van der Waals surface area contributed by atoms with E-state index in [-0.39, 0.29) is 91.6 Å². The molecule has 0 aromatic heterocycles. The summed E-state index contributed by atoms with van der Waals surface area (Å²) in [7, 11) is -15.8. The third-order valence-corrected chi connectivity index (χ3v) is 17.1. The van der Waals surface area contributed by atoms with Gasteiger partial charge in [0.15, 0.2) is 0 Å². The first kappa shape index (κ1) is 46.0. The second-order valence-electron chi connectivity index (χ2n) is 17.2. The Morgan fingerprint density at radius 2 is 0.484 bits per heavy atom. The Hall–Kier alpha value is -3.14. The van der Waals surface area contributed by atoms with Gasteiger partial charge in [-0.2, -0.15) is 0 Å². The normalized spacial score (nSPS) is 32.8. The first-order valence-corrected chi connectivity index (χ1v) is 26.8. The highest BCUT2D eigenvalue weighted by Gasteiger charge is 2.46. The minimum atomic E-state index is -3.96. The van der Waals surface area contributed by atoms with E-state index < -0.39 is 43.5 Å². The highest BCUT2D eigenvalue weighted by molar-refractivity contribution is 8.20. The molecular formula is C44H54N4O12S4. The predicted octanol–water partition coefficient (Wildman–Crippen LogP) is 9.28. The molecule has 2 saturated heterocycles. The van der Waals surface area contributed by atoms with E-state index in [0.717, 1.165) is 35.1 Å². The second-order valence-corrected chi connectivity index (χ2v) is 23.3. The Labute approximate surface area is 377 Å². The molecule has 0 aliphatic carbocycles. The first-order chi connectivity index (χ1) is 30.2. The molecule has 0 spiro atoms. The smallest absolute Gasteiger partial charge is 0.112 e. The van der Waals surface area contributed by atoms with Gasteiger partial charge in [-0.15, -0.1) is 0 Å². The monoisotopic (exact) mass is 958 g/mol. The quantitative estimate of drug-likeness (QED) is 0.0732. The number of hydrogen-bond acceptors (Lipinski definition) is 16. The molecule has 16 nitrogen and oxygen atoms in total. The number of fused-ring (bicyclic) bond motifs is 8. The maximum absolute atomic E-state index is 10.1. The van der Waals surface area contributed by atoms with Crippen LogP contribution in [0.3, 0.4) is 0 Å². The van der Waals surface area contributed by atoms with Crippen molar-refractivity contribution in [1.82, 2.24) is 21.3 Å². The molecule has 4 aromatic carbocycles. The lowest BCUT2D eigenvalue weighted by atomic mass is 9.83. The lowest BCUT2D eigenvalue weighted by Gasteiger charge is -2.38. The zero-order valence-corrected chi connectivity index (χ0v) is 37.3. The van der Waals surface area contributed by atoms with Crippen molar-refractivity contribution in [3.8, 4) is 0 Å². The summed E-state index contributed by atoms with van der Waals surface area (Å²) in [6.45, 7) is 0. The van der Waals surface area contributed by atoms with Crippen LogP contribution in [0.4, 0.5) is 0 Å². The van der Waals surface area contributed by atoms with E-state index in [9.17, 15) is 54.6 Å². The molecule has 20 heteroatoms. The van der Waals surface area contributed by atoms with Crippen molar-refractivity contribution in [3.63, 3.8) is 0 Å². The summed E-state index contributed by atoms with van der Waals surface area (Å²) in [5, 5.41) is 15.7. The van der Waals surface area contributed by atoms with Gasteiger partial charge in [0, 0.05) is 72.0 Å². The van der Waals surface area contributed by atoms with Gasteiger partial charge in [0.25, 0.3) is 0 Å². The van der Waals surface area contributed by atoms with E-state index in [4.69, 9.17) is 0 Å². The third kappa shape index (κ3) is 9.39. The van der Waals surface area contributed by atoms with Crippen LogP contribution in [0, 0.1) is 0 Å². The highest BCUT2D eigenvalue weighted by Crippen LogP contribution is 2.49. The van der Waals surface area contributed by atoms with Gasteiger partial charge in [0.2, 0.25) is 0 Å². The van der Waals surface area contributed by atoms with Crippen molar-refractivity contribution < 1.29 is 54.6 Å². The fourth-order valence-electron chi connectivity index (χ4n) is 10.6. The van der Waals surface area contributed by atoms with Gasteiger partial charge >= 0.3 is 0 Å². The minimum Gasteiger partial charge on any atom is -0.310 e. The van der Waals surface area contributed by atoms with Gasteiger partial charge in [-0.05, 0) is 83.6 Å². The van der Waals surface area contributed by atoms with Crippen LogP contribution in [0.2, 0.25) is 0 Å². The number of rotatable bonds is 8. The van der Waals surface area contributed by atoms with Gasteiger partial charge in [-0.1, -0.05) is 85.0 Å². The molecule has 5 heterocycles. The van der Waals surface area contributed by atoms with Crippen LogP contribution < -0.4 is 21.3 Å². The summed E-state index contributed by atoms with van der Waals surface area (Å²) in [6.07, 6.45) is 14.3. The van der Waals surface area contributed by atoms with Crippen molar-refractivity contribution in [1.29, 1.82) is 0 Å². The van der Waals surface area contributed by atoms with Crippen molar-refractivity contribution in [2.24, 2.45) is 0 Å². The summed E-state index contributed by atoms with van der Waals surface area (Å²) in [4.78, 5) is -0.0153. The van der Waals surface area contributed by atoms with Crippen LogP contribution in [0.1, 0.15) is 58.8 Å². The van der Waals surface area contributed by atoms with Crippen molar-refractivity contribution in [2.45, 2.75) is 104 Å². The molecule has 4 aromatic rings. The maximum Gasteiger partial charge on any atom is 0.112 e. The standard InChI is InChI=1S/C44H54N4O12S4/c49-61(50,51)29-9-1-25(2-10-29)41-33-17-19-35(45-33)42(26-3-11-30(12-4-26)62(52,53)54)37-21-23-39(47-37)44(28-7-15-32(16-8-28)64(58,59)60)40-24-22-38(48-40)43(36-20-18-34(41)46-36)27-5-13-31(14-6-27)63(55,56)57/h1-21,23,33-60H,22,24H2. The zero-order valence-electron chi connectivity index (χ0n) is 34.0. The summed E-state index contributed by atoms with van der Waals surface area (Å²) in [5.41, 5.74) is 3.51. The van der Waals surface area contributed by atoms with Crippen molar-refractivity contribution in [3.05, 3.63) is 156 Å². The Kier molecular flexibility index (Phi) is 12.6. The summed E-state index contributed by atoms with van der Waals surface area (Å²) in [6, 6.07) is 24.7. The number of benzene rings is 4. The third-order valence-electron chi connectivity index (χ3n) is 13.5. The molecule has 16 N–H and O–H groups in total. The molecule has 9 rings (SSSR count). The molecule has 8 bridgehead atoms. The molecule has 5 aliphatic rings. The molecule has 346 valence electrons.